The standard InChI is InChI=1S/C28H35ClN4O3/c29-25-14-13-23(18-24(25)27(35)32-21-10-4-3-5-11-21)31-26(34)19-30-22-12-8-9-20(17-22)28(36)33-15-6-1-2-7-16-33/h8-9,12-14,17-18,21,30H,1-7,10-11,15-16,19H2,(H,31,34)(H,32,35). The third-order valence-electron chi connectivity index (χ3n) is 6.89. The zero-order chi connectivity index (χ0) is 25.3. The Hall–Kier alpha value is -3.06. The van der Waals surface area contributed by atoms with Crippen LogP contribution in [0, 0.1) is 0 Å². The van der Waals surface area contributed by atoms with E-state index in [0.717, 1.165) is 51.6 Å². The van der Waals surface area contributed by atoms with E-state index in [-0.39, 0.29) is 30.3 Å². The molecule has 1 saturated carbocycles. The predicted octanol–water partition coefficient (Wildman–Crippen LogP) is 5.47. The van der Waals surface area contributed by atoms with Crippen LogP contribution in [0.1, 0.15) is 78.5 Å². The van der Waals surface area contributed by atoms with Crippen LogP contribution in [0.15, 0.2) is 42.5 Å². The van der Waals surface area contributed by atoms with Crippen molar-refractivity contribution >= 4 is 40.7 Å². The first kappa shape index (κ1) is 26.0. The molecule has 3 amide bonds. The van der Waals surface area contributed by atoms with E-state index in [1.54, 1.807) is 24.3 Å². The lowest BCUT2D eigenvalue weighted by Crippen LogP contribution is -2.36. The molecule has 192 valence electrons. The van der Waals surface area contributed by atoms with E-state index in [1.807, 2.05) is 23.1 Å². The summed E-state index contributed by atoms with van der Waals surface area (Å²) in [6, 6.07) is 12.3. The summed E-state index contributed by atoms with van der Waals surface area (Å²) in [5, 5.41) is 9.33. The molecule has 0 aromatic heterocycles. The number of likely N-dealkylation sites (tertiary alicyclic amines) is 1. The number of nitrogens with one attached hydrogen (secondary N) is 3. The lowest BCUT2D eigenvalue weighted by molar-refractivity contribution is -0.114. The molecule has 0 unspecified atom stereocenters. The van der Waals surface area contributed by atoms with Crippen molar-refractivity contribution in [1.29, 1.82) is 0 Å². The van der Waals surface area contributed by atoms with Gasteiger partial charge in [-0.15, -0.1) is 0 Å². The molecule has 0 radical (unpaired) electrons. The first-order valence-corrected chi connectivity index (χ1v) is 13.4. The molecule has 0 atom stereocenters. The molecule has 1 heterocycles. The minimum Gasteiger partial charge on any atom is -0.376 e. The third-order valence-corrected chi connectivity index (χ3v) is 7.22. The van der Waals surface area contributed by atoms with Crippen LogP contribution >= 0.6 is 11.6 Å². The number of carbonyl (C=O) groups excluding carboxylic acids is 3. The van der Waals surface area contributed by atoms with E-state index in [4.69, 9.17) is 11.6 Å². The van der Waals surface area contributed by atoms with E-state index in [2.05, 4.69) is 16.0 Å². The number of hydrogen-bond donors (Lipinski definition) is 3. The summed E-state index contributed by atoms with van der Waals surface area (Å²) in [7, 11) is 0. The lowest BCUT2D eigenvalue weighted by Gasteiger charge is -2.23. The Kier molecular flexibility index (Phi) is 9.23. The van der Waals surface area contributed by atoms with Gasteiger partial charge in [-0.25, -0.2) is 0 Å². The van der Waals surface area contributed by atoms with Gasteiger partial charge in [-0.1, -0.05) is 49.8 Å². The maximum atomic E-state index is 12.9. The summed E-state index contributed by atoms with van der Waals surface area (Å²) < 4.78 is 0. The second kappa shape index (κ2) is 12.8. The fourth-order valence-electron chi connectivity index (χ4n) is 4.89. The molecular formula is C28H35ClN4O3. The largest absolute Gasteiger partial charge is 0.376 e. The van der Waals surface area contributed by atoms with Crippen LogP contribution < -0.4 is 16.0 Å². The molecule has 0 bridgehead atoms. The quantitative estimate of drug-likeness (QED) is 0.460. The smallest absolute Gasteiger partial charge is 0.253 e. The van der Waals surface area contributed by atoms with Gasteiger partial charge in [-0.05, 0) is 62.1 Å². The monoisotopic (exact) mass is 510 g/mol. The molecule has 2 aromatic rings. The van der Waals surface area contributed by atoms with Crippen molar-refractivity contribution in [3.63, 3.8) is 0 Å². The fraction of sp³-hybridized carbons (Fsp3) is 0.464. The maximum absolute atomic E-state index is 12.9. The molecule has 3 N–H and O–H groups in total. The van der Waals surface area contributed by atoms with Crippen molar-refractivity contribution in [3.8, 4) is 0 Å². The van der Waals surface area contributed by atoms with Crippen LogP contribution in [-0.2, 0) is 4.79 Å². The van der Waals surface area contributed by atoms with E-state index in [9.17, 15) is 14.4 Å². The number of benzene rings is 2. The summed E-state index contributed by atoms with van der Waals surface area (Å²) in [5.74, 6) is -0.447. The van der Waals surface area contributed by atoms with E-state index in [0.29, 0.717) is 27.5 Å². The number of hydrogen-bond acceptors (Lipinski definition) is 4. The van der Waals surface area contributed by atoms with Crippen molar-refractivity contribution in [2.75, 3.05) is 30.3 Å². The summed E-state index contributed by atoms with van der Waals surface area (Å²) in [4.78, 5) is 40.2. The van der Waals surface area contributed by atoms with Gasteiger partial charge in [0, 0.05) is 36.1 Å². The second-order valence-corrected chi connectivity index (χ2v) is 10.1. The Morgan fingerprint density at radius 3 is 2.33 bits per heavy atom. The minimum absolute atomic E-state index is 0.0214. The van der Waals surface area contributed by atoms with Gasteiger partial charge in [0.1, 0.15) is 0 Å². The van der Waals surface area contributed by atoms with Crippen LogP contribution in [0.3, 0.4) is 0 Å². The van der Waals surface area contributed by atoms with Crippen LogP contribution in [0.2, 0.25) is 5.02 Å². The number of anilines is 2. The number of rotatable bonds is 7. The highest BCUT2D eigenvalue weighted by molar-refractivity contribution is 6.34. The molecule has 4 rings (SSSR count). The van der Waals surface area contributed by atoms with Gasteiger partial charge in [-0.2, -0.15) is 0 Å². The SMILES string of the molecule is O=C(CNc1cccc(C(=O)N2CCCCCC2)c1)Nc1ccc(Cl)c(C(=O)NC2CCCCC2)c1. The van der Waals surface area contributed by atoms with Crippen molar-refractivity contribution in [1.82, 2.24) is 10.2 Å². The van der Waals surface area contributed by atoms with Crippen molar-refractivity contribution in [2.24, 2.45) is 0 Å². The molecular weight excluding hydrogens is 476 g/mol. The van der Waals surface area contributed by atoms with Gasteiger partial charge in [0.2, 0.25) is 5.91 Å². The van der Waals surface area contributed by atoms with Gasteiger partial charge in [0.15, 0.2) is 0 Å². The summed E-state index contributed by atoms with van der Waals surface area (Å²) >= 11 is 6.28. The van der Waals surface area contributed by atoms with Gasteiger partial charge in [-0.3, -0.25) is 14.4 Å². The van der Waals surface area contributed by atoms with Crippen molar-refractivity contribution in [3.05, 3.63) is 58.6 Å². The Morgan fingerprint density at radius 2 is 1.58 bits per heavy atom. The van der Waals surface area contributed by atoms with Crippen LogP contribution in [0.5, 0.6) is 0 Å². The number of halogens is 1. The van der Waals surface area contributed by atoms with Crippen LogP contribution in [0.25, 0.3) is 0 Å². The highest BCUT2D eigenvalue weighted by Crippen LogP contribution is 2.23. The summed E-state index contributed by atoms with van der Waals surface area (Å²) in [5.41, 5.74) is 2.18. The van der Waals surface area contributed by atoms with Crippen LogP contribution in [0.4, 0.5) is 11.4 Å². The lowest BCUT2D eigenvalue weighted by atomic mass is 9.95. The van der Waals surface area contributed by atoms with Gasteiger partial charge >= 0.3 is 0 Å². The molecule has 0 spiro atoms. The van der Waals surface area contributed by atoms with Gasteiger partial charge < -0.3 is 20.9 Å². The van der Waals surface area contributed by atoms with E-state index in [1.165, 1.54) is 19.3 Å². The first-order valence-electron chi connectivity index (χ1n) is 13.0. The molecule has 2 aromatic carbocycles. The molecule has 7 nitrogen and oxygen atoms in total. The fourth-order valence-corrected chi connectivity index (χ4v) is 5.10. The molecule has 2 fully saturated rings. The maximum Gasteiger partial charge on any atom is 0.253 e. The molecule has 1 saturated heterocycles. The number of nitrogens with zero attached hydrogens (tertiary/aromatic N) is 1. The van der Waals surface area contributed by atoms with E-state index < -0.39 is 0 Å². The average molecular weight is 511 g/mol. The summed E-state index contributed by atoms with van der Waals surface area (Å²) in [6.07, 6.45) is 9.83. The third kappa shape index (κ3) is 7.23. The van der Waals surface area contributed by atoms with Gasteiger partial charge in [0.05, 0.1) is 17.1 Å². The Labute approximate surface area is 218 Å². The normalized spacial score (nSPS) is 16.6. The van der Waals surface area contributed by atoms with Crippen LogP contribution in [-0.4, -0.2) is 48.3 Å². The zero-order valence-corrected chi connectivity index (χ0v) is 21.4. The molecule has 2 aliphatic rings. The predicted molar refractivity (Wildman–Crippen MR) is 144 cm³/mol. The highest BCUT2D eigenvalue weighted by Gasteiger charge is 2.20. The second-order valence-electron chi connectivity index (χ2n) is 9.69. The van der Waals surface area contributed by atoms with Crippen molar-refractivity contribution in [2.45, 2.75) is 63.8 Å². The average Bonchev–Trinajstić information content (AvgIpc) is 3.19. The molecule has 1 aliphatic heterocycles. The minimum atomic E-state index is -0.264. The molecule has 1 aliphatic carbocycles. The van der Waals surface area contributed by atoms with E-state index >= 15 is 0 Å². The topological polar surface area (TPSA) is 90.5 Å². The molecule has 36 heavy (non-hydrogen) atoms. The van der Waals surface area contributed by atoms with Gasteiger partial charge in [0.25, 0.3) is 11.8 Å². The number of amides is 3. The first-order chi connectivity index (χ1) is 17.5. The Bertz CT molecular complexity index is 1080. The molecule has 8 heteroatoms. The zero-order valence-electron chi connectivity index (χ0n) is 20.7. The van der Waals surface area contributed by atoms with Crippen molar-refractivity contribution < 1.29 is 14.4 Å². The highest BCUT2D eigenvalue weighted by atomic mass is 35.5. The summed E-state index contributed by atoms with van der Waals surface area (Å²) in [6.45, 7) is 1.61. The Balaban J connectivity index is 1.32. The Morgan fingerprint density at radius 1 is 0.861 bits per heavy atom. The number of carbonyl (C=O) groups is 3.